The lowest BCUT2D eigenvalue weighted by molar-refractivity contribution is 0.0719. The van der Waals surface area contributed by atoms with Gasteiger partial charge in [-0.2, -0.15) is 0 Å². The fraction of sp³-hybridized carbons (Fsp3) is 0.571. The van der Waals surface area contributed by atoms with Crippen LogP contribution in [0.3, 0.4) is 0 Å². The molecule has 0 heterocycles. The van der Waals surface area contributed by atoms with Crippen molar-refractivity contribution in [2.45, 2.75) is 6.54 Å². The fourth-order valence-corrected chi connectivity index (χ4v) is 1.70. The molecule has 1 rings (SSSR count). The summed E-state index contributed by atoms with van der Waals surface area (Å²) in [5.41, 5.74) is 1.07. The minimum absolute atomic E-state index is 0.626. The highest BCUT2D eigenvalue weighted by atomic mass is 16.5. The summed E-state index contributed by atoms with van der Waals surface area (Å²) in [7, 11) is 4.95. The summed E-state index contributed by atoms with van der Waals surface area (Å²) in [6, 6.07) is 5.85. The van der Waals surface area contributed by atoms with E-state index in [-0.39, 0.29) is 0 Å². The Morgan fingerprint density at radius 1 is 1.00 bits per heavy atom. The van der Waals surface area contributed by atoms with Gasteiger partial charge in [0.25, 0.3) is 0 Å². The molecule has 0 aliphatic heterocycles. The van der Waals surface area contributed by atoms with Crippen LogP contribution in [0.15, 0.2) is 18.2 Å². The van der Waals surface area contributed by atoms with Crippen LogP contribution in [0, 0.1) is 0 Å². The van der Waals surface area contributed by atoms with Crippen LogP contribution in [0.25, 0.3) is 0 Å². The van der Waals surface area contributed by atoms with E-state index < -0.39 is 0 Å². The lowest BCUT2D eigenvalue weighted by Gasteiger charge is -2.13. The molecule has 0 unspecified atom stereocenters. The molecule has 1 aromatic rings. The number of para-hydroxylation sites is 1. The van der Waals surface area contributed by atoms with Crippen LogP contribution in [0.4, 0.5) is 0 Å². The zero-order chi connectivity index (χ0) is 13.9. The summed E-state index contributed by atoms with van der Waals surface area (Å²) < 4.78 is 20.9. The van der Waals surface area contributed by atoms with Gasteiger partial charge in [0.2, 0.25) is 0 Å². The summed E-state index contributed by atoms with van der Waals surface area (Å²) in [6.45, 7) is 3.41. The van der Waals surface area contributed by atoms with E-state index in [1.54, 1.807) is 21.3 Å². The first kappa shape index (κ1) is 15.8. The molecule has 0 saturated heterocycles. The molecule has 108 valence electrons. The van der Waals surface area contributed by atoms with Gasteiger partial charge in [0.15, 0.2) is 11.5 Å². The van der Waals surface area contributed by atoms with Crippen LogP contribution >= 0.6 is 0 Å². The third-order valence-electron chi connectivity index (χ3n) is 2.65. The zero-order valence-electron chi connectivity index (χ0n) is 11.9. The van der Waals surface area contributed by atoms with Crippen LogP contribution in [0.1, 0.15) is 5.56 Å². The van der Waals surface area contributed by atoms with Gasteiger partial charge in [0.1, 0.15) is 0 Å². The highest BCUT2D eigenvalue weighted by Crippen LogP contribution is 2.30. The van der Waals surface area contributed by atoms with E-state index >= 15 is 0 Å². The molecule has 0 saturated carbocycles. The minimum Gasteiger partial charge on any atom is -0.493 e. The van der Waals surface area contributed by atoms with Gasteiger partial charge >= 0.3 is 0 Å². The molecule has 0 spiro atoms. The van der Waals surface area contributed by atoms with Gasteiger partial charge in [-0.05, 0) is 6.07 Å². The van der Waals surface area contributed by atoms with E-state index in [0.717, 1.165) is 23.6 Å². The van der Waals surface area contributed by atoms with Gasteiger partial charge in [0, 0.05) is 25.8 Å². The molecule has 0 radical (unpaired) electrons. The molecule has 0 aromatic heterocycles. The van der Waals surface area contributed by atoms with E-state index in [1.165, 1.54) is 0 Å². The van der Waals surface area contributed by atoms with Crippen molar-refractivity contribution < 1.29 is 18.9 Å². The first-order chi connectivity index (χ1) is 9.33. The topological polar surface area (TPSA) is 49.0 Å². The molecule has 0 atom stereocenters. The number of hydrogen-bond acceptors (Lipinski definition) is 5. The van der Waals surface area contributed by atoms with E-state index in [0.29, 0.717) is 26.4 Å². The Morgan fingerprint density at radius 3 is 2.53 bits per heavy atom. The van der Waals surface area contributed by atoms with Gasteiger partial charge in [-0.25, -0.2) is 0 Å². The quantitative estimate of drug-likeness (QED) is 0.652. The predicted octanol–water partition coefficient (Wildman–Crippen LogP) is 1.46. The Balaban J connectivity index is 2.33. The molecule has 1 aromatic carbocycles. The van der Waals surface area contributed by atoms with Crippen molar-refractivity contribution in [1.82, 2.24) is 5.32 Å². The summed E-state index contributed by atoms with van der Waals surface area (Å²) in [5, 5.41) is 3.30. The Kier molecular flexibility index (Phi) is 7.97. The molecule has 0 bridgehead atoms. The van der Waals surface area contributed by atoms with Crippen LogP contribution in [-0.4, -0.2) is 47.7 Å². The van der Waals surface area contributed by atoms with E-state index in [1.807, 2.05) is 18.2 Å². The molecule has 1 N–H and O–H groups in total. The Hall–Kier alpha value is -1.30. The highest BCUT2D eigenvalue weighted by Gasteiger charge is 2.08. The average molecular weight is 269 g/mol. The summed E-state index contributed by atoms with van der Waals surface area (Å²) in [5.74, 6) is 1.52. The molecule has 5 nitrogen and oxygen atoms in total. The maximum Gasteiger partial charge on any atom is 0.165 e. The molecule has 19 heavy (non-hydrogen) atoms. The van der Waals surface area contributed by atoms with Crippen LogP contribution in [0.5, 0.6) is 11.5 Å². The van der Waals surface area contributed by atoms with E-state index in [9.17, 15) is 0 Å². The smallest absolute Gasteiger partial charge is 0.165 e. The molecule has 0 fully saturated rings. The first-order valence-electron chi connectivity index (χ1n) is 6.30. The lowest BCUT2D eigenvalue weighted by Crippen LogP contribution is -2.20. The van der Waals surface area contributed by atoms with Crippen LogP contribution in [-0.2, 0) is 16.0 Å². The molecular formula is C14H23NO4. The number of benzene rings is 1. The van der Waals surface area contributed by atoms with Gasteiger partial charge in [0.05, 0.1) is 34.0 Å². The van der Waals surface area contributed by atoms with Gasteiger partial charge < -0.3 is 24.3 Å². The van der Waals surface area contributed by atoms with Crippen LogP contribution in [0.2, 0.25) is 0 Å². The Labute approximate surface area is 114 Å². The third kappa shape index (κ3) is 5.46. The predicted molar refractivity (Wildman–Crippen MR) is 73.9 cm³/mol. The lowest BCUT2D eigenvalue weighted by atomic mass is 10.2. The number of ether oxygens (including phenoxy) is 4. The monoisotopic (exact) mass is 269 g/mol. The van der Waals surface area contributed by atoms with Crippen molar-refractivity contribution in [2.24, 2.45) is 0 Å². The van der Waals surface area contributed by atoms with Gasteiger partial charge in [-0.15, -0.1) is 0 Å². The van der Waals surface area contributed by atoms with Crippen molar-refractivity contribution in [3.8, 4) is 11.5 Å². The second-order valence-corrected chi connectivity index (χ2v) is 3.93. The van der Waals surface area contributed by atoms with Gasteiger partial charge in [-0.1, -0.05) is 12.1 Å². The van der Waals surface area contributed by atoms with Gasteiger partial charge in [-0.3, -0.25) is 0 Å². The zero-order valence-corrected chi connectivity index (χ0v) is 11.9. The molecular weight excluding hydrogens is 246 g/mol. The maximum absolute atomic E-state index is 5.37. The highest BCUT2D eigenvalue weighted by molar-refractivity contribution is 5.46. The minimum atomic E-state index is 0.626. The molecule has 5 heteroatoms. The van der Waals surface area contributed by atoms with E-state index in [2.05, 4.69) is 5.32 Å². The first-order valence-corrected chi connectivity index (χ1v) is 6.30. The number of rotatable bonds is 10. The van der Waals surface area contributed by atoms with Crippen molar-refractivity contribution in [3.63, 3.8) is 0 Å². The van der Waals surface area contributed by atoms with Crippen molar-refractivity contribution in [3.05, 3.63) is 23.8 Å². The van der Waals surface area contributed by atoms with Crippen molar-refractivity contribution >= 4 is 0 Å². The molecule has 0 aliphatic rings. The van der Waals surface area contributed by atoms with Crippen molar-refractivity contribution in [1.29, 1.82) is 0 Å². The van der Waals surface area contributed by atoms with Crippen LogP contribution < -0.4 is 14.8 Å². The summed E-state index contributed by atoms with van der Waals surface area (Å²) >= 11 is 0. The fourth-order valence-electron chi connectivity index (χ4n) is 1.70. The largest absolute Gasteiger partial charge is 0.493 e. The SMILES string of the molecule is COCCOCCNCc1cccc(OC)c1OC. The van der Waals surface area contributed by atoms with E-state index in [4.69, 9.17) is 18.9 Å². The summed E-state index contributed by atoms with van der Waals surface area (Å²) in [4.78, 5) is 0. The maximum atomic E-state index is 5.37. The number of nitrogens with one attached hydrogen (secondary N) is 1. The summed E-state index contributed by atoms with van der Waals surface area (Å²) in [6.07, 6.45) is 0. The normalized spacial score (nSPS) is 10.5. The second-order valence-electron chi connectivity index (χ2n) is 3.93. The second kappa shape index (κ2) is 9.61. The average Bonchev–Trinajstić information content (AvgIpc) is 2.45. The number of methoxy groups -OCH3 is 3. The molecule has 0 aliphatic carbocycles. The molecule has 0 amide bonds. The standard InChI is InChI=1S/C14H23NO4/c1-16-9-10-19-8-7-15-11-12-5-4-6-13(17-2)14(12)18-3/h4-6,15H,7-11H2,1-3H3. The Bertz CT molecular complexity index is 357. The third-order valence-corrected chi connectivity index (χ3v) is 2.65. The van der Waals surface area contributed by atoms with Crippen molar-refractivity contribution in [2.75, 3.05) is 47.7 Å². The number of hydrogen-bond donors (Lipinski definition) is 1. The Morgan fingerprint density at radius 2 is 1.84 bits per heavy atom.